The largest absolute Gasteiger partial charge is 0.367 e. The van der Waals surface area contributed by atoms with Gasteiger partial charge in [-0.05, 0) is 24.3 Å². The zero-order valence-corrected chi connectivity index (χ0v) is 15.0. The molecule has 0 spiro atoms. The molecular weight excluding hydrogens is 360 g/mol. The summed E-state index contributed by atoms with van der Waals surface area (Å²) in [6.45, 7) is 2.68. The topological polar surface area (TPSA) is 118 Å². The van der Waals surface area contributed by atoms with Gasteiger partial charge in [0.05, 0.1) is 15.9 Å². The average Bonchev–Trinajstić information content (AvgIpc) is 2.73. The van der Waals surface area contributed by atoms with Crippen LogP contribution < -0.4 is 15.5 Å². The fraction of sp³-hybridized carbons (Fsp3) is 0.211. The molecule has 1 aliphatic rings. The molecule has 0 atom stereocenters. The number of fused-ring (bicyclic) bond motifs is 1. The fourth-order valence-corrected chi connectivity index (χ4v) is 3.59. The summed E-state index contributed by atoms with van der Waals surface area (Å²) >= 11 is 0. The Balaban J connectivity index is 1.61. The minimum Gasteiger partial charge on any atom is -0.367 e. The van der Waals surface area contributed by atoms with Crippen molar-refractivity contribution in [3.8, 4) is 0 Å². The third-order valence-corrected chi connectivity index (χ3v) is 4.94. The van der Waals surface area contributed by atoms with Crippen LogP contribution in [-0.4, -0.2) is 47.0 Å². The maximum atomic E-state index is 11.7. The summed E-state index contributed by atoms with van der Waals surface area (Å²) in [7, 11) is 0. The molecule has 1 fully saturated rings. The molecule has 9 heteroatoms. The van der Waals surface area contributed by atoms with Gasteiger partial charge in [0.1, 0.15) is 5.82 Å². The molecule has 28 heavy (non-hydrogen) atoms. The lowest BCUT2D eigenvalue weighted by Gasteiger charge is -2.37. The highest BCUT2D eigenvalue weighted by Gasteiger charge is 2.24. The lowest BCUT2D eigenvalue weighted by atomic mass is 10.1. The van der Waals surface area contributed by atoms with Gasteiger partial charge < -0.3 is 15.5 Å². The summed E-state index contributed by atoms with van der Waals surface area (Å²) in [5.74, 6) is 0.0896. The van der Waals surface area contributed by atoms with E-state index < -0.39 is 10.8 Å². The van der Waals surface area contributed by atoms with Gasteiger partial charge in [-0.2, -0.15) is 0 Å². The smallest absolute Gasteiger partial charge is 0.278 e. The van der Waals surface area contributed by atoms with E-state index in [1.807, 2.05) is 4.90 Å². The maximum Gasteiger partial charge on any atom is 0.278 e. The molecule has 9 nitrogen and oxygen atoms in total. The lowest BCUT2D eigenvalue weighted by Crippen LogP contribution is -2.47. The third kappa shape index (κ3) is 3.07. The molecule has 1 amide bonds. The van der Waals surface area contributed by atoms with Crippen LogP contribution in [0.5, 0.6) is 0 Å². The van der Waals surface area contributed by atoms with Gasteiger partial charge >= 0.3 is 0 Å². The highest BCUT2D eigenvalue weighted by atomic mass is 16.6. The van der Waals surface area contributed by atoms with Crippen LogP contribution in [0.3, 0.4) is 0 Å². The predicted molar refractivity (Wildman–Crippen MR) is 106 cm³/mol. The van der Waals surface area contributed by atoms with Crippen molar-refractivity contribution < 1.29 is 9.72 Å². The van der Waals surface area contributed by atoms with E-state index >= 15 is 0 Å². The van der Waals surface area contributed by atoms with Crippen LogP contribution in [0.25, 0.3) is 10.8 Å². The number of hydrogen-bond acceptors (Lipinski definition) is 7. The van der Waals surface area contributed by atoms with E-state index in [0.717, 1.165) is 11.1 Å². The minimum absolute atomic E-state index is 0.0464. The molecule has 1 saturated heterocycles. The second kappa shape index (κ2) is 7.10. The minimum atomic E-state index is -0.501. The highest BCUT2D eigenvalue weighted by Crippen LogP contribution is 2.33. The molecular formula is C19H18N6O3. The molecule has 0 bridgehead atoms. The van der Waals surface area contributed by atoms with Crippen molar-refractivity contribution in [2.24, 2.45) is 5.73 Å². The second-order valence-electron chi connectivity index (χ2n) is 6.50. The first-order chi connectivity index (χ1) is 13.6. The SMILES string of the molecule is NC(=O)c1cccnc1N1CCN(c2ccc([N+](=O)[O-])c3cnccc23)CC1. The number of pyridine rings is 2. The summed E-state index contributed by atoms with van der Waals surface area (Å²) in [6, 6.07) is 8.47. The number of non-ortho nitro benzene ring substituents is 1. The van der Waals surface area contributed by atoms with Crippen LogP contribution in [0, 0.1) is 10.1 Å². The van der Waals surface area contributed by atoms with Gasteiger partial charge in [0.15, 0.2) is 0 Å². The van der Waals surface area contributed by atoms with Crippen molar-refractivity contribution in [3.05, 3.63) is 64.6 Å². The first kappa shape index (κ1) is 17.7. The quantitative estimate of drug-likeness (QED) is 0.544. The van der Waals surface area contributed by atoms with Crippen molar-refractivity contribution in [1.29, 1.82) is 0 Å². The van der Waals surface area contributed by atoms with Gasteiger partial charge in [-0.3, -0.25) is 19.9 Å². The molecule has 3 heterocycles. The van der Waals surface area contributed by atoms with E-state index in [9.17, 15) is 14.9 Å². The summed E-state index contributed by atoms with van der Waals surface area (Å²) < 4.78 is 0. The van der Waals surface area contributed by atoms with E-state index in [0.29, 0.717) is 42.9 Å². The Kier molecular flexibility index (Phi) is 4.48. The normalized spacial score (nSPS) is 14.3. The van der Waals surface area contributed by atoms with Crippen LogP contribution in [0.4, 0.5) is 17.2 Å². The Hall–Kier alpha value is -3.75. The van der Waals surface area contributed by atoms with Crippen molar-refractivity contribution in [2.45, 2.75) is 0 Å². The molecule has 1 aliphatic heterocycles. The number of benzene rings is 1. The second-order valence-corrected chi connectivity index (χ2v) is 6.50. The van der Waals surface area contributed by atoms with Crippen LogP contribution in [0.1, 0.15) is 10.4 Å². The van der Waals surface area contributed by atoms with Gasteiger partial charge in [-0.25, -0.2) is 4.98 Å². The third-order valence-electron chi connectivity index (χ3n) is 4.94. The molecule has 0 aliphatic carbocycles. The van der Waals surface area contributed by atoms with Gasteiger partial charge in [0.2, 0.25) is 0 Å². The number of rotatable bonds is 4. The standard InChI is InChI=1S/C19H18N6O3/c20-18(26)14-2-1-6-22-19(14)24-10-8-23(9-11-24)16-3-4-17(25(27)28)15-12-21-7-5-13(15)16/h1-7,12H,8-11H2,(H2,20,26). The van der Waals surface area contributed by atoms with E-state index in [-0.39, 0.29) is 5.69 Å². The molecule has 2 N–H and O–H groups in total. The number of piperazine rings is 1. The molecule has 2 aromatic heterocycles. The maximum absolute atomic E-state index is 11.7. The van der Waals surface area contributed by atoms with E-state index in [1.165, 1.54) is 12.3 Å². The number of carbonyl (C=O) groups is 1. The van der Waals surface area contributed by atoms with E-state index in [1.54, 1.807) is 36.7 Å². The number of nitro groups is 1. The Bertz CT molecular complexity index is 1060. The highest BCUT2D eigenvalue weighted by molar-refractivity contribution is 6.00. The van der Waals surface area contributed by atoms with Gasteiger partial charge in [0, 0.05) is 61.9 Å². The molecule has 142 valence electrons. The van der Waals surface area contributed by atoms with Crippen LogP contribution in [-0.2, 0) is 0 Å². The van der Waals surface area contributed by atoms with Crippen molar-refractivity contribution in [1.82, 2.24) is 9.97 Å². The predicted octanol–water partition coefficient (Wildman–Crippen LogP) is 1.96. The molecule has 4 rings (SSSR count). The number of carbonyl (C=O) groups excluding carboxylic acids is 1. The van der Waals surface area contributed by atoms with Crippen LogP contribution >= 0.6 is 0 Å². The lowest BCUT2D eigenvalue weighted by molar-refractivity contribution is -0.383. The van der Waals surface area contributed by atoms with Crippen LogP contribution in [0.15, 0.2) is 48.9 Å². The van der Waals surface area contributed by atoms with Gasteiger partial charge in [-0.1, -0.05) is 0 Å². The number of aromatic nitrogens is 2. The molecule has 0 saturated carbocycles. The zero-order chi connectivity index (χ0) is 19.7. The molecule has 0 radical (unpaired) electrons. The van der Waals surface area contributed by atoms with Crippen molar-refractivity contribution >= 4 is 33.9 Å². The van der Waals surface area contributed by atoms with Crippen molar-refractivity contribution in [2.75, 3.05) is 36.0 Å². The van der Waals surface area contributed by atoms with E-state index in [2.05, 4.69) is 14.9 Å². The number of hydrogen-bond donors (Lipinski definition) is 1. The van der Waals surface area contributed by atoms with Crippen molar-refractivity contribution in [3.63, 3.8) is 0 Å². The molecule has 3 aromatic rings. The number of nitrogens with zero attached hydrogens (tertiary/aromatic N) is 5. The summed E-state index contributed by atoms with van der Waals surface area (Å²) in [4.78, 5) is 35.2. The van der Waals surface area contributed by atoms with Crippen LogP contribution in [0.2, 0.25) is 0 Å². The van der Waals surface area contributed by atoms with Gasteiger partial charge in [0.25, 0.3) is 11.6 Å². The average molecular weight is 378 g/mol. The van der Waals surface area contributed by atoms with Gasteiger partial charge in [-0.15, -0.1) is 0 Å². The summed E-state index contributed by atoms with van der Waals surface area (Å²) in [5, 5.41) is 12.6. The summed E-state index contributed by atoms with van der Waals surface area (Å²) in [6.07, 6.45) is 4.81. The summed E-state index contributed by atoms with van der Waals surface area (Å²) in [5.41, 5.74) is 6.84. The zero-order valence-electron chi connectivity index (χ0n) is 15.0. The first-order valence-corrected chi connectivity index (χ1v) is 8.82. The number of nitro benzene ring substituents is 1. The number of nitrogens with two attached hydrogens (primary N) is 1. The Morgan fingerprint density at radius 2 is 1.79 bits per heavy atom. The van der Waals surface area contributed by atoms with E-state index in [4.69, 9.17) is 5.73 Å². The molecule has 0 unspecified atom stereocenters. The first-order valence-electron chi connectivity index (χ1n) is 8.82. The number of primary amides is 1. The Morgan fingerprint density at radius 3 is 2.50 bits per heavy atom. The Morgan fingerprint density at radius 1 is 1.04 bits per heavy atom. The Labute approximate surface area is 160 Å². The molecule has 1 aromatic carbocycles. The fourth-order valence-electron chi connectivity index (χ4n) is 3.59. The number of anilines is 2. The monoisotopic (exact) mass is 378 g/mol. The number of amides is 1.